The Hall–Kier alpha value is -2.44. The first-order valence-corrected chi connectivity index (χ1v) is 8.63. The smallest absolute Gasteiger partial charge is 0.257 e. The summed E-state index contributed by atoms with van der Waals surface area (Å²) >= 11 is 0. The van der Waals surface area contributed by atoms with E-state index in [2.05, 4.69) is 15.1 Å². The van der Waals surface area contributed by atoms with Gasteiger partial charge in [-0.2, -0.15) is 10.1 Å². The minimum atomic E-state index is -0.0521. The van der Waals surface area contributed by atoms with Gasteiger partial charge in [-0.15, -0.1) is 0 Å². The fraction of sp³-hybridized carbons (Fsp3) is 0.556. The highest BCUT2D eigenvalue weighted by atomic mass is 16.5. The third-order valence-electron chi connectivity index (χ3n) is 4.62. The van der Waals surface area contributed by atoms with Crippen LogP contribution >= 0.6 is 0 Å². The van der Waals surface area contributed by atoms with Crippen molar-refractivity contribution in [1.29, 1.82) is 0 Å². The van der Waals surface area contributed by atoms with Gasteiger partial charge >= 0.3 is 0 Å². The molecule has 1 aliphatic rings. The first-order valence-electron chi connectivity index (χ1n) is 8.63. The molecular formula is C18H25N5O2. The zero-order valence-electron chi connectivity index (χ0n) is 15.5. The minimum Gasteiger partial charge on any atom is -0.472 e. The highest BCUT2D eigenvalue weighted by Crippen LogP contribution is 2.21. The Kier molecular flexibility index (Phi) is 4.74. The van der Waals surface area contributed by atoms with Crippen molar-refractivity contribution in [3.05, 3.63) is 34.5 Å². The summed E-state index contributed by atoms with van der Waals surface area (Å²) in [6, 6.07) is 1.84. The van der Waals surface area contributed by atoms with Crippen LogP contribution in [0.4, 0.5) is 0 Å². The minimum absolute atomic E-state index is 0.0337. The van der Waals surface area contributed by atoms with Gasteiger partial charge in [-0.3, -0.25) is 9.48 Å². The zero-order valence-corrected chi connectivity index (χ0v) is 15.5. The molecule has 134 valence electrons. The number of piperidine rings is 1. The van der Waals surface area contributed by atoms with Gasteiger partial charge in [0.1, 0.15) is 11.9 Å². The molecule has 0 unspecified atom stereocenters. The van der Waals surface area contributed by atoms with Gasteiger partial charge in [-0.05, 0) is 40.5 Å². The highest BCUT2D eigenvalue weighted by molar-refractivity contribution is 5.96. The summed E-state index contributed by atoms with van der Waals surface area (Å²) in [6.07, 6.45) is 1.78. The van der Waals surface area contributed by atoms with E-state index < -0.39 is 0 Å². The maximum absolute atomic E-state index is 13.0. The molecule has 3 rings (SSSR count). The Balaban J connectivity index is 1.73. The van der Waals surface area contributed by atoms with E-state index in [0.29, 0.717) is 23.8 Å². The van der Waals surface area contributed by atoms with Crippen LogP contribution in [0.25, 0.3) is 0 Å². The van der Waals surface area contributed by atoms with Crippen LogP contribution in [0.5, 0.6) is 5.88 Å². The Morgan fingerprint density at radius 1 is 1.24 bits per heavy atom. The van der Waals surface area contributed by atoms with E-state index in [1.165, 1.54) is 0 Å². The molecule has 0 bridgehead atoms. The van der Waals surface area contributed by atoms with Crippen LogP contribution in [0.3, 0.4) is 0 Å². The zero-order chi connectivity index (χ0) is 18.1. The predicted molar refractivity (Wildman–Crippen MR) is 93.7 cm³/mol. The highest BCUT2D eigenvalue weighted by Gasteiger charge is 2.29. The summed E-state index contributed by atoms with van der Waals surface area (Å²) in [4.78, 5) is 23.4. The number of rotatable bonds is 3. The SMILES string of the molecule is Cc1cc(O[C@H]2CCCN(C(=O)c3c(C)nn(C)c3C)C2)nc(C)n1. The maximum atomic E-state index is 13.0. The molecule has 0 aliphatic carbocycles. The molecule has 1 atom stereocenters. The fourth-order valence-electron chi connectivity index (χ4n) is 3.37. The number of likely N-dealkylation sites (tertiary alicyclic amines) is 1. The van der Waals surface area contributed by atoms with Crippen LogP contribution in [0.2, 0.25) is 0 Å². The van der Waals surface area contributed by atoms with Crippen LogP contribution < -0.4 is 4.74 Å². The Labute approximate surface area is 148 Å². The van der Waals surface area contributed by atoms with Crippen molar-refractivity contribution in [2.75, 3.05) is 13.1 Å². The number of carbonyl (C=O) groups excluding carboxylic acids is 1. The van der Waals surface area contributed by atoms with Gasteiger partial charge in [0.2, 0.25) is 5.88 Å². The van der Waals surface area contributed by atoms with Gasteiger partial charge in [0.05, 0.1) is 17.8 Å². The lowest BCUT2D eigenvalue weighted by atomic mass is 10.1. The number of ether oxygens (including phenoxy) is 1. The molecule has 0 N–H and O–H groups in total. The number of carbonyl (C=O) groups is 1. The summed E-state index contributed by atoms with van der Waals surface area (Å²) in [5.74, 6) is 1.31. The molecule has 1 saturated heterocycles. The molecule has 2 aromatic heterocycles. The van der Waals surface area contributed by atoms with Crippen molar-refractivity contribution in [1.82, 2.24) is 24.6 Å². The van der Waals surface area contributed by atoms with E-state index in [1.54, 1.807) is 4.68 Å². The lowest BCUT2D eigenvalue weighted by Crippen LogP contribution is -2.44. The molecule has 2 aromatic rings. The lowest BCUT2D eigenvalue weighted by molar-refractivity contribution is 0.0525. The molecule has 3 heterocycles. The molecule has 0 radical (unpaired) electrons. The number of nitrogens with zero attached hydrogens (tertiary/aromatic N) is 5. The molecular weight excluding hydrogens is 318 g/mol. The van der Waals surface area contributed by atoms with Gasteiger partial charge in [-0.1, -0.05) is 0 Å². The Bertz CT molecular complexity index is 779. The van der Waals surface area contributed by atoms with E-state index in [9.17, 15) is 4.79 Å². The van der Waals surface area contributed by atoms with Gasteiger partial charge in [0.25, 0.3) is 5.91 Å². The topological polar surface area (TPSA) is 73.1 Å². The predicted octanol–water partition coefficient (Wildman–Crippen LogP) is 2.13. The molecule has 7 nitrogen and oxygen atoms in total. The largest absolute Gasteiger partial charge is 0.472 e. The van der Waals surface area contributed by atoms with Crippen LogP contribution in [0.15, 0.2) is 6.07 Å². The van der Waals surface area contributed by atoms with E-state index in [-0.39, 0.29) is 12.0 Å². The third kappa shape index (κ3) is 3.65. The van der Waals surface area contributed by atoms with Crippen LogP contribution in [-0.4, -0.2) is 49.7 Å². The van der Waals surface area contributed by atoms with Crippen molar-refractivity contribution in [3.8, 4) is 5.88 Å². The molecule has 0 aromatic carbocycles. The fourth-order valence-corrected chi connectivity index (χ4v) is 3.37. The Morgan fingerprint density at radius 3 is 2.64 bits per heavy atom. The summed E-state index contributed by atoms with van der Waals surface area (Å²) in [7, 11) is 1.86. The van der Waals surface area contributed by atoms with Crippen molar-refractivity contribution < 1.29 is 9.53 Å². The molecule has 1 fully saturated rings. The summed E-state index contributed by atoms with van der Waals surface area (Å²) in [6.45, 7) is 8.89. The second-order valence-electron chi connectivity index (χ2n) is 6.70. The first-order chi connectivity index (χ1) is 11.8. The summed E-state index contributed by atoms with van der Waals surface area (Å²) < 4.78 is 7.79. The molecule has 0 saturated carbocycles. The number of aryl methyl sites for hydroxylation is 4. The van der Waals surface area contributed by atoms with E-state index in [1.807, 2.05) is 45.7 Å². The van der Waals surface area contributed by atoms with Gasteiger partial charge in [0.15, 0.2) is 0 Å². The van der Waals surface area contributed by atoms with Crippen molar-refractivity contribution in [2.24, 2.45) is 7.05 Å². The number of hydrogen-bond donors (Lipinski definition) is 0. The van der Waals surface area contributed by atoms with Crippen LogP contribution in [-0.2, 0) is 7.05 Å². The molecule has 1 aliphatic heterocycles. The second kappa shape index (κ2) is 6.82. The second-order valence-corrected chi connectivity index (χ2v) is 6.70. The molecule has 1 amide bonds. The third-order valence-corrected chi connectivity index (χ3v) is 4.62. The number of aromatic nitrogens is 4. The molecule has 25 heavy (non-hydrogen) atoms. The molecule has 7 heteroatoms. The number of amides is 1. The Morgan fingerprint density at radius 2 is 2.00 bits per heavy atom. The van der Waals surface area contributed by atoms with Crippen molar-refractivity contribution >= 4 is 5.91 Å². The monoisotopic (exact) mass is 343 g/mol. The first kappa shape index (κ1) is 17.4. The van der Waals surface area contributed by atoms with E-state index >= 15 is 0 Å². The average Bonchev–Trinajstić information content (AvgIpc) is 2.78. The van der Waals surface area contributed by atoms with Gasteiger partial charge < -0.3 is 9.64 Å². The summed E-state index contributed by atoms with van der Waals surface area (Å²) in [5, 5.41) is 4.35. The van der Waals surface area contributed by atoms with Gasteiger partial charge in [-0.25, -0.2) is 4.98 Å². The number of hydrogen-bond acceptors (Lipinski definition) is 5. The quantitative estimate of drug-likeness (QED) is 0.853. The lowest BCUT2D eigenvalue weighted by Gasteiger charge is -2.32. The normalized spacial score (nSPS) is 17.6. The van der Waals surface area contributed by atoms with Crippen LogP contribution in [0.1, 0.15) is 46.1 Å². The standard InChI is InChI=1S/C18H25N5O2/c1-11-9-16(20-14(4)19-11)25-15-7-6-8-23(10-15)18(24)17-12(2)21-22(5)13(17)3/h9,15H,6-8,10H2,1-5H3/t15-/m0/s1. The van der Waals surface area contributed by atoms with Gasteiger partial charge in [0, 0.05) is 31.0 Å². The summed E-state index contributed by atoms with van der Waals surface area (Å²) in [5.41, 5.74) is 3.26. The van der Waals surface area contributed by atoms with E-state index in [4.69, 9.17) is 4.74 Å². The van der Waals surface area contributed by atoms with Crippen molar-refractivity contribution in [3.63, 3.8) is 0 Å². The average molecular weight is 343 g/mol. The maximum Gasteiger partial charge on any atom is 0.257 e. The van der Waals surface area contributed by atoms with Crippen molar-refractivity contribution in [2.45, 2.75) is 46.6 Å². The molecule has 0 spiro atoms. The van der Waals surface area contributed by atoms with Crippen LogP contribution in [0, 0.1) is 27.7 Å². The van der Waals surface area contributed by atoms with E-state index in [0.717, 1.165) is 36.5 Å².